The van der Waals surface area contributed by atoms with Gasteiger partial charge in [-0.3, -0.25) is 4.79 Å². The molecule has 1 nitrogen and oxygen atoms in total. The van der Waals surface area contributed by atoms with E-state index in [0.29, 0.717) is 17.6 Å². The molecule has 0 aromatic carbocycles. The summed E-state index contributed by atoms with van der Waals surface area (Å²) >= 11 is 0. The second kappa shape index (κ2) is 3.59. The van der Waals surface area contributed by atoms with Gasteiger partial charge < -0.3 is 0 Å². The molecular weight excluding hydrogens is 148 g/mol. The fourth-order valence-corrected chi connectivity index (χ4v) is 2.02. The zero-order valence-electron chi connectivity index (χ0n) is 7.59. The van der Waals surface area contributed by atoms with Gasteiger partial charge in [-0.05, 0) is 31.6 Å². The van der Waals surface area contributed by atoms with Crippen LogP contribution in [0.1, 0.15) is 44.9 Å². The molecule has 2 aliphatic carbocycles. The van der Waals surface area contributed by atoms with Crippen molar-refractivity contribution >= 4 is 5.78 Å². The fourth-order valence-electron chi connectivity index (χ4n) is 2.02. The van der Waals surface area contributed by atoms with Gasteiger partial charge in [-0.15, -0.1) is 0 Å². The van der Waals surface area contributed by atoms with E-state index in [0.717, 1.165) is 12.8 Å². The van der Waals surface area contributed by atoms with Gasteiger partial charge in [-0.25, -0.2) is 0 Å². The van der Waals surface area contributed by atoms with E-state index in [9.17, 15) is 4.79 Å². The van der Waals surface area contributed by atoms with E-state index >= 15 is 0 Å². The summed E-state index contributed by atoms with van der Waals surface area (Å²) < 4.78 is 0. The Morgan fingerprint density at radius 1 is 1.00 bits per heavy atom. The van der Waals surface area contributed by atoms with E-state index in [1.54, 1.807) is 0 Å². The molecule has 2 saturated carbocycles. The highest BCUT2D eigenvalue weighted by Gasteiger charge is 2.29. The lowest BCUT2D eigenvalue weighted by Gasteiger charge is -2.19. The topological polar surface area (TPSA) is 17.1 Å². The Morgan fingerprint density at radius 3 is 2.25 bits per heavy atom. The predicted octanol–water partition coefficient (Wildman–Crippen LogP) is 2.75. The van der Waals surface area contributed by atoms with Crippen molar-refractivity contribution in [1.29, 1.82) is 0 Å². The van der Waals surface area contributed by atoms with Gasteiger partial charge in [0.25, 0.3) is 0 Å². The first-order chi connectivity index (χ1) is 5.86. The molecule has 2 rings (SSSR count). The van der Waals surface area contributed by atoms with E-state index in [-0.39, 0.29) is 0 Å². The Bertz CT molecular complexity index is 164. The summed E-state index contributed by atoms with van der Waals surface area (Å²) in [5.74, 6) is 1.52. The fraction of sp³-hybridized carbons (Fsp3) is 0.818. The second-order valence-electron chi connectivity index (χ2n) is 4.24. The average Bonchev–Trinajstić information content (AvgIpc) is 2.90. The van der Waals surface area contributed by atoms with Gasteiger partial charge in [0, 0.05) is 12.3 Å². The summed E-state index contributed by atoms with van der Waals surface area (Å²) in [6.45, 7) is 0. The average molecular weight is 165 g/mol. The number of Topliss-reactive ketones (excluding diaryl/α,β-unsaturated/α-hetero) is 1. The lowest BCUT2D eigenvalue weighted by molar-refractivity contribution is -0.120. The van der Waals surface area contributed by atoms with Gasteiger partial charge in [-0.1, -0.05) is 19.3 Å². The van der Waals surface area contributed by atoms with Crippen molar-refractivity contribution in [2.45, 2.75) is 44.9 Å². The summed E-state index contributed by atoms with van der Waals surface area (Å²) in [5.41, 5.74) is 0. The molecule has 1 radical (unpaired) electrons. The number of rotatable bonds is 3. The van der Waals surface area contributed by atoms with Crippen molar-refractivity contribution in [3.05, 3.63) is 6.42 Å². The minimum absolute atomic E-state index is 0.402. The maximum atomic E-state index is 11.6. The molecule has 1 heteroatoms. The van der Waals surface area contributed by atoms with Crippen LogP contribution in [0.15, 0.2) is 0 Å². The summed E-state index contributed by atoms with van der Waals surface area (Å²) in [6.07, 6.45) is 10.7. The standard InChI is InChI=1S/C11H17O/c12-11(8-9-6-7-9)10-4-2-1-3-5-10/h8-10H,1-7H2. The third kappa shape index (κ3) is 2.09. The normalized spacial score (nSPS) is 25.7. The van der Waals surface area contributed by atoms with Crippen molar-refractivity contribution < 1.29 is 4.79 Å². The van der Waals surface area contributed by atoms with Crippen LogP contribution in [0.4, 0.5) is 0 Å². The second-order valence-corrected chi connectivity index (χ2v) is 4.24. The van der Waals surface area contributed by atoms with Crippen LogP contribution in [-0.4, -0.2) is 5.78 Å². The van der Waals surface area contributed by atoms with Crippen LogP contribution in [0.2, 0.25) is 0 Å². The number of hydrogen-bond donors (Lipinski definition) is 0. The molecule has 0 spiro atoms. The largest absolute Gasteiger partial charge is 0.299 e. The predicted molar refractivity (Wildman–Crippen MR) is 48.6 cm³/mol. The van der Waals surface area contributed by atoms with Crippen LogP contribution in [-0.2, 0) is 4.79 Å². The van der Waals surface area contributed by atoms with Gasteiger partial charge in [0.15, 0.2) is 0 Å². The molecule has 0 unspecified atom stereocenters. The van der Waals surface area contributed by atoms with Crippen molar-refractivity contribution in [3.8, 4) is 0 Å². The molecule has 0 amide bonds. The highest BCUT2D eigenvalue weighted by atomic mass is 16.1. The van der Waals surface area contributed by atoms with Crippen LogP contribution in [0.3, 0.4) is 0 Å². The first-order valence-corrected chi connectivity index (χ1v) is 5.25. The highest BCUT2D eigenvalue weighted by Crippen LogP contribution is 2.34. The van der Waals surface area contributed by atoms with Gasteiger partial charge in [-0.2, -0.15) is 0 Å². The molecule has 0 aromatic heterocycles. The van der Waals surface area contributed by atoms with Crippen molar-refractivity contribution in [2.75, 3.05) is 0 Å². The number of carbonyl (C=O) groups excluding carboxylic acids is 1. The first kappa shape index (κ1) is 8.28. The van der Waals surface area contributed by atoms with Crippen LogP contribution in [0, 0.1) is 18.3 Å². The Labute approximate surface area is 74.5 Å². The Hall–Kier alpha value is -0.330. The number of ketones is 1. The van der Waals surface area contributed by atoms with Crippen LogP contribution in [0.5, 0.6) is 0 Å². The van der Waals surface area contributed by atoms with E-state index in [1.807, 2.05) is 6.42 Å². The maximum Gasteiger partial charge on any atom is 0.140 e. The highest BCUT2D eigenvalue weighted by molar-refractivity contribution is 5.89. The molecule has 12 heavy (non-hydrogen) atoms. The van der Waals surface area contributed by atoms with Crippen molar-refractivity contribution in [3.63, 3.8) is 0 Å². The van der Waals surface area contributed by atoms with E-state index < -0.39 is 0 Å². The summed E-state index contributed by atoms with van der Waals surface area (Å²) in [4.78, 5) is 11.6. The molecule has 0 N–H and O–H groups in total. The lowest BCUT2D eigenvalue weighted by atomic mass is 9.84. The minimum atomic E-state index is 0.402. The van der Waals surface area contributed by atoms with E-state index in [4.69, 9.17) is 0 Å². The molecule has 0 aliphatic heterocycles. The lowest BCUT2D eigenvalue weighted by Crippen LogP contribution is -2.18. The molecular formula is C11H17O. The molecule has 0 atom stereocenters. The molecule has 2 fully saturated rings. The quantitative estimate of drug-likeness (QED) is 0.628. The first-order valence-electron chi connectivity index (χ1n) is 5.25. The summed E-state index contributed by atoms with van der Waals surface area (Å²) in [7, 11) is 0. The van der Waals surface area contributed by atoms with Crippen LogP contribution >= 0.6 is 0 Å². The molecule has 0 heterocycles. The summed E-state index contributed by atoms with van der Waals surface area (Å²) in [6, 6.07) is 0. The zero-order chi connectivity index (χ0) is 8.39. The summed E-state index contributed by atoms with van der Waals surface area (Å²) in [5, 5.41) is 0. The van der Waals surface area contributed by atoms with Gasteiger partial charge in [0.1, 0.15) is 5.78 Å². The van der Waals surface area contributed by atoms with Crippen molar-refractivity contribution in [1.82, 2.24) is 0 Å². The molecule has 2 aliphatic rings. The van der Waals surface area contributed by atoms with Gasteiger partial charge in [0.05, 0.1) is 0 Å². The molecule has 0 bridgehead atoms. The Morgan fingerprint density at radius 2 is 1.67 bits per heavy atom. The maximum absolute atomic E-state index is 11.6. The van der Waals surface area contributed by atoms with E-state index in [2.05, 4.69) is 0 Å². The monoisotopic (exact) mass is 165 g/mol. The van der Waals surface area contributed by atoms with Crippen molar-refractivity contribution in [2.24, 2.45) is 11.8 Å². The smallest absolute Gasteiger partial charge is 0.140 e. The van der Waals surface area contributed by atoms with Gasteiger partial charge >= 0.3 is 0 Å². The Balaban J connectivity index is 1.76. The van der Waals surface area contributed by atoms with Crippen LogP contribution in [0.25, 0.3) is 0 Å². The number of carbonyl (C=O) groups is 1. The van der Waals surface area contributed by atoms with Gasteiger partial charge in [0.2, 0.25) is 0 Å². The van der Waals surface area contributed by atoms with E-state index in [1.165, 1.54) is 32.1 Å². The molecule has 0 aromatic rings. The molecule has 0 saturated heterocycles. The minimum Gasteiger partial charge on any atom is -0.299 e. The third-order valence-corrected chi connectivity index (χ3v) is 3.03. The zero-order valence-corrected chi connectivity index (χ0v) is 7.59. The molecule has 67 valence electrons. The SMILES string of the molecule is O=C([CH]C1CC1)C1CCCCC1. The number of hydrogen-bond acceptors (Lipinski definition) is 1. The third-order valence-electron chi connectivity index (χ3n) is 3.03. The van der Waals surface area contributed by atoms with Crippen LogP contribution < -0.4 is 0 Å². The Kier molecular flexibility index (Phi) is 2.48.